The van der Waals surface area contributed by atoms with Gasteiger partial charge in [0.15, 0.2) is 9.84 Å². The van der Waals surface area contributed by atoms with Crippen molar-refractivity contribution in [1.82, 2.24) is 10.2 Å². The third-order valence-corrected chi connectivity index (χ3v) is 8.77. The van der Waals surface area contributed by atoms with Gasteiger partial charge in [0.05, 0.1) is 29.0 Å². The molecule has 2 unspecified atom stereocenters. The number of carbonyl (C=O) groups excluding carboxylic acids is 1. The van der Waals surface area contributed by atoms with E-state index in [1.807, 2.05) is 0 Å². The second-order valence-corrected chi connectivity index (χ2v) is 11.2. The lowest BCUT2D eigenvalue weighted by atomic mass is 9.86. The van der Waals surface area contributed by atoms with Gasteiger partial charge in [-0.15, -0.1) is 0 Å². The first-order valence-electron chi connectivity index (χ1n) is 11.5. The predicted octanol–water partition coefficient (Wildman–Crippen LogP) is 3.23. The van der Waals surface area contributed by atoms with Crippen LogP contribution >= 0.6 is 0 Å². The normalized spacial score (nSPS) is 22.1. The summed E-state index contributed by atoms with van der Waals surface area (Å²) in [5.41, 5.74) is 6.31. The van der Waals surface area contributed by atoms with E-state index in [9.17, 15) is 13.2 Å². The Morgan fingerprint density at radius 2 is 1.87 bits per heavy atom. The van der Waals surface area contributed by atoms with Crippen LogP contribution in [0.25, 0.3) is 0 Å². The van der Waals surface area contributed by atoms with Crippen LogP contribution in [0.5, 0.6) is 5.75 Å². The Bertz CT molecular complexity index is 879. The summed E-state index contributed by atoms with van der Waals surface area (Å²) in [6.45, 7) is 2.60. The number of methoxy groups -OCH3 is 1. The molecular weight excluding hydrogens is 414 g/mol. The molecule has 2 fully saturated rings. The highest BCUT2D eigenvalue weighted by molar-refractivity contribution is 7.91. The number of anilines is 1. The predicted molar refractivity (Wildman–Crippen MR) is 123 cm³/mol. The van der Waals surface area contributed by atoms with Crippen molar-refractivity contribution in [1.29, 1.82) is 0 Å². The van der Waals surface area contributed by atoms with E-state index in [0.717, 1.165) is 32.2 Å². The molecule has 0 radical (unpaired) electrons. The van der Waals surface area contributed by atoms with Gasteiger partial charge in [-0.2, -0.15) is 0 Å². The van der Waals surface area contributed by atoms with E-state index in [0.29, 0.717) is 17.7 Å². The SMILES string of the molecule is CCS(=O)(=O)c1cc(C(=O)NC(C2CCCCCC2)C2CCCN2C)c(OC)cc1N. The fourth-order valence-electron chi connectivity index (χ4n) is 5.16. The number of amides is 1. The first-order valence-corrected chi connectivity index (χ1v) is 13.1. The molecule has 2 atom stereocenters. The number of nitrogens with zero attached hydrogens (tertiary/aromatic N) is 1. The van der Waals surface area contributed by atoms with Gasteiger partial charge in [-0.1, -0.05) is 32.6 Å². The molecular formula is C23H37N3O4S. The summed E-state index contributed by atoms with van der Waals surface area (Å²) in [6.07, 6.45) is 9.31. The number of rotatable bonds is 7. The second kappa shape index (κ2) is 10.2. The maximum absolute atomic E-state index is 13.5. The van der Waals surface area contributed by atoms with Crippen LogP contribution in [0.4, 0.5) is 5.69 Å². The average molecular weight is 452 g/mol. The molecule has 7 nitrogen and oxygen atoms in total. The quantitative estimate of drug-likeness (QED) is 0.487. The van der Waals surface area contributed by atoms with Gasteiger partial charge in [0.25, 0.3) is 5.91 Å². The van der Waals surface area contributed by atoms with E-state index in [1.165, 1.54) is 44.9 Å². The van der Waals surface area contributed by atoms with E-state index in [4.69, 9.17) is 10.5 Å². The standard InChI is InChI=1S/C23H37N3O4S/c1-4-31(28,29)21-14-17(20(30-3)15-18(21)24)23(27)25-22(19-12-9-13-26(19)2)16-10-7-5-6-8-11-16/h14-16,19,22H,4-13,24H2,1-3H3,(H,25,27). The number of nitrogens with one attached hydrogen (secondary N) is 1. The number of sulfone groups is 1. The number of ether oxygens (including phenoxy) is 1. The highest BCUT2D eigenvalue weighted by Crippen LogP contribution is 2.33. The van der Waals surface area contributed by atoms with Crippen molar-refractivity contribution in [2.45, 2.75) is 75.3 Å². The zero-order chi connectivity index (χ0) is 22.6. The maximum Gasteiger partial charge on any atom is 0.255 e. The molecule has 2 aliphatic rings. The van der Waals surface area contributed by atoms with Crippen molar-refractivity contribution in [3.05, 3.63) is 17.7 Å². The summed E-state index contributed by atoms with van der Waals surface area (Å²) in [5, 5.41) is 3.30. The largest absolute Gasteiger partial charge is 0.496 e. The summed E-state index contributed by atoms with van der Waals surface area (Å²) in [7, 11) is 0.0367. The third kappa shape index (κ3) is 5.34. The Hall–Kier alpha value is -1.80. The first kappa shape index (κ1) is 23.9. The van der Waals surface area contributed by atoms with Gasteiger partial charge < -0.3 is 20.7 Å². The van der Waals surface area contributed by atoms with Crippen molar-refractivity contribution in [2.75, 3.05) is 32.2 Å². The number of carbonyl (C=O) groups is 1. The van der Waals surface area contributed by atoms with Crippen molar-refractivity contribution in [3.8, 4) is 5.75 Å². The molecule has 8 heteroatoms. The summed E-state index contributed by atoms with van der Waals surface area (Å²) in [4.78, 5) is 15.8. The van der Waals surface area contributed by atoms with Crippen molar-refractivity contribution in [2.24, 2.45) is 5.92 Å². The van der Waals surface area contributed by atoms with Crippen LogP contribution in [0.3, 0.4) is 0 Å². The van der Waals surface area contributed by atoms with Gasteiger partial charge in [-0.05, 0) is 51.3 Å². The summed E-state index contributed by atoms with van der Waals surface area (Å²) in [5.74, 6) is 0.348. The lowest BCUT2D eigenvalue weighted by Crippen LogP contribution is -2.52. The van der Waals surface area contributed by atoms with Gasteiger partial charge in [0, 0.05) is 18.2 Å². The fraction of sp³-hybridized carbons (Fsp3) is 0.696. The molecule has 1 aromatic carbocycles. The highest BCUT2D eigenvalue weighted by Gasteiger charge is 2.36. The molecule has 1 amide bonds. The molecule has 174 valence electrons. The summed E-state index contributed by atoms with van der Waals surface area (Å²) < 4.78 is 30.4. The molecule has 1 saturated carbocycles. The molecule has 3 N–H and O–H groups in total. The van der Waals surface area contributed by atoms with Crippen molar-refractivity contribution < 1.29 is 17.9 Å². The van der Waals surface area contributed by atoms with Crippen LogP contribution in [0, 0.1) is 5.92 Å². The molecule has 1 saturated heterocycles. The number of nitrogen functional groups attached to an aromatic ring is 1. The molecule has 31 heavy (non-hydrogen) atoms. The number of nitrogens with two attached hydrogens (primary N) is 1. The van der Waals surface area contributed by atoms with Crippen LogP contribution in [-0.2, 0) is 9.84 Å². The fourth-order valence-corrected chi connectivity index (χ4v) is 6.19. The molecule has 0 bridgehead atoms. The Balaban J connectivity index is 1.94. The van der Waals surface area contributed by atoms with Crippen LogP contribution in [0.1, 0.15) is 68.6 Å². The molecule has 1 heterocycles. The molecule has 1 aromatic rings. The lowest BCUT2D eigenvalue weighted by Gasteiger charge is -2.35. The maximum atomic E-state index is 13.5. The molecule has 1 aliphatic carbocycles. The molecule has 1 aliphatic heterocycles. The van der Waals surface area contributed by atoms with Crippen molar-refractivity contribution in [3.63, 3.8) is 0 Å². The minimum Gasteiger partial charge on any atom is -0.496 e. The monoisotopic (exact) mass is 451 g/mol. The van der Waals surface area contributed by atoms with E-state index in [1.54, 1.807) is 6.92 Å². The first-order chi connectivity index (χ1) is 14.8. The zero-order valence-electron chi connectivity index (χ0n) is 19.0. The number of likely N-dealkylation sites (tertiary alicyclic amines) is 1. The minimum absolute atomic E-state index is 0.00930. The van der Waals surface area contributed by atoms with Gasteiger partial charge in [-0.3, -0.25) is 4.79 Å². The lowest BCUT2D eigenvalue weighted by molar-refractivity contribution is 0.0871. The molecule has 3 rings (SSSR count). The van der Waals surface area contributed by atoms with Gasteiger partial charge >= 0.3 is 0 Å². The van der Waals surface area contributed by atoms with E-state index >= 15 is 0 Å². The Kier molecular flexibility index (Phi) is 7.86. The topological polar surface area (TPSA) is 102 Å². The zero-order valence-corrected chi connectivity index (χ0v) is 19.8. The van der Waals surface area contributed by atoms with Crippen molar-refractivity contribution >= 4 is 21.4 Å². The highest BCUT2D eigenvalue weighted by atomic mass is 32.2. The number of hydrogen-bond acceptors (Lipinski definition) is 6. The Morgan fingerprint density at radius 3 is 2.42 bits per heavy atom. The Labute approximate surface area is 186 Å². The van der Waals surface area contributed by atoms with Crippen LogP contribution < -0.4 is 15.8 Å². The number of benzene rings is 1. The van der Waals surface area contributed by atoms with E-state index in [2.05, 4.69) is 17.3 Å². The third-order valence-electron chi connectivity index (χ3n) is 6.99. The van der Waals surface area contributed by atoms with Crippen LogP contribution in [0.15, 0.2) is 17.0 Å². The van der Waals surface area contributed by atoms with Gasteiger partial charge in [0.1, 0.15) is 5.75 Å². The molecule has 0 aromatic heterocycles. The second-order valence-electron chi connectivity index (χ2n) is 8.93. The van der Waals surface area contributed by atoms with Gasteiger partial charge in [0.2, 0.25) is 0 Å². The Morgan fingerprint density at radius 1 is 1.19 bits per heavy atom. The number of likely N-dealkylation sites (N-methyl/N-ethyl adjacent to an activating group) is 1. The number of hydrogen-bond donors (Lipinski definition) is 2. The van der Waals surface area contributed by atoms with E-state index in [-0.39, 0.29) is 33.8 Å². The summed E-state index contributed by atoms with van der Waals surface area (Å²) >= 11 is 0. The summed E-state index contributed by atoms with van der Waals surface area (Å²) in [6, 6.07) is 3.15. The molecule has 0 spiro atoms. The van der Waals surface area contributed by atoms with Crippen LogP contribution in [0.2, 0.25) is 0 Å². The minimum atomic E-state index is -3.56. The van der Waals surface area contributed by atoms with Crippen LogP contribution in [-0.4, -0.2) is 57.8 Å². The average Bonchev–Trinajstić information content (AvgIpc) is 3.00. The smallest absolute Gasteiger partial charge is 0.255 e. The van der Waals surface area contributed by atoms with E-state index < -0.39 is 9.84 Å². The van der Waals surface area contributed by atoms with Gasteiger partial charge in [-0.25, -0.2) is 8.42 Å².